The summed E-state index contributed by atoms with van der Waals surface area (Å²) in [6, 6.07) is 10.5. The molecule has 4 aromatic rings. The fourth-order valence-electron chi connectivity index (χ4n) is 3.85. The molecule has 0 atom stereocenters. The van der Waals surface area contributed by atoms with Crippen molar-refractivity contribution in [2.45, 2.75) is 32.2 Å². The minimum atomic E-state index is -0.228. The van der Waals surface area contributed by atoms with Crippen LogP contribution in [0.5, 0.6) is 5.75 Å². The Hall–Kier alpha value is -3.81. The van der Waals surface area contributed by atoms with Gasteiger partial charge in [0, 0.05) is 40.8 Å². The third-order valence-corrected chi connectivity index (χ3v) is 5.61. The zero-order valence-electron chi connectivity index (χ0n) is 17.9. The van der Waals surface area contributed by atoms with Gasteiger partial charge in [0.25, 0.3) is 0 Å². The molecule has 1 aliphatic carbocycles. The Morgan fingerprint density at radius 1 is 1.16 bits per heavy atom. The molecule has 0 unspecified atom stereocenters. The van der Waals surface area contributed by atoms with Gasteiger partial charge in [-0.1, -0.05) is 18.2 Å². The summed E-state index contributed by atoms with van der Waals surface area (Å²) in [5.41, 5.74) is 4.31. The smallest absolute Gasteiger partial charge is 0.182 e. The molecule has 7 nitrogen and oxygen atoms in total. The molecule has 5 rings (SSSR count). The lowest BCUT2D eigenvalue weighted by atomic mass is 10.1. The number of rotatable bonds is 7. The molecule has 1 N–H and O–H groups in total. The van der Waals surface area contributed by atoms with E-state index in [4.69, 9.17) is 14.8 Å². The van der Waals surface area contributed by atoms with Gasteiger partial charge in [0.15, 0.2) is 17.4 Å². The molecule has 3 heterocycles. The molecule has 0 saturated heterocycles. The van der Waals surface area contributed by atoms with Crippen LogP contribution in [0.4, 0.5) is 15.9 Å². The number of nitrogens with zero attached hydrogens (tertiary/aromatic N) is 5. The Morgan fingerprint density at radius 2 is 1.94 bits per heavy atom. The van der Waals surface area contributed by atoms with Crippen LogP contribution in [0.3, 0.4) is 0 Å². The quantitative estimate of drug-likeness (QED) is 0.451. The van der Waals surface area contributed by atoms with Crippen LogP contribution >= 0.6 is 0 Å². The predicted octanol–water partition coefficient (Wildman–Crippen LogP) is 4.86. The molecule has 162 valence electrons. The van der Waals surface area contributed by atoms with Crippen molar-refractivity contribution < 1.29 is 9.13 Å². The normalized spacial score (nSPS) is 13.2. The lowest BCUT2D eigenvalue weighted by Gasteiger charge is -2.10. The monoisotopic (exact) mass is 430 g/mol. The number of hydrogen-bond donors (Lipinski definition) is 1. The van der Waals surface area contributed by atoms with E-state index in [0.717, 1.165) is 29.8 Å². The second kappa shape index (κ2) is 8.37. The van der Waals surface area contributed by atoms with Crippen LogP contribution in [-0.4, -0.2) is 31.8 Å². The van der Waals surface area contributed by atoms with Crippen LogP contribution < -0.4 is 10.1 Å². The fraction of sp³-hybridized carbons (Fsp3) is 0.250. The Bertz CT molecular complexity index is 1250. The van der Waals surface area contributed by atoms with Gasteiger partial charge >= 0.3 is 0 Å². The van der Waals surface area contributed by atoms with Gasteiger partial charge < -0.3 is 10.1 Å². The minimum Gasteiger partial charge on any atom is -0.491 e. The summed E-state index contributed by atoms with van der Waals surface area (Å²) < 4.78 is 21.6. The number of benzene rings is 1. The molecular formula is C24H23FN6O. The predicted molar refractivity (Wildman–Crippen MR) is 120 cm³/mol. The number of hydrogen-bond acceptors (Lipinski definition) is 6. The maximum Gasteiger partial charge on any atom is 0.182 e. The summed E-state index contributed by atoms with van der Waals surface area (Å²) in [6.07, 6.45) is 7.27. The van der Waals surface area contributed by atoms with E-state index in [1.54, 1.807) is 37.8 Å². The third-order valence-electron chi connectivity index (χ3n) is 5.61. The Balaban J connectivity index is 1.54. The van der Waals surface area contributed by atoms with E-state index in [2.05, 4.69) is 15.3 Å². The van der Waals surface area contributed by atoms with Gasteiger partial charge in [-0.25, -0.2) is 14.4 Å². The van der Waals surface area contributed by atoms with Crippen molar-refractivity contribution >= 4 is 11.5 Å². The first-order valence-corrected chi connectivity index (χ1v) is 10.5. The molecular weight excluding hydrogens is 407 g/mol. The number of anilines is 2. The molecule has 0 spiro atoms. The molecule has 1 aliphatic rings. The van der Waals surface area contributed by atoms with E-state index in [1.165, 1.54) is 6.07 Å². The van der Waals surface area contributed by atoms with Gasteiger partial charge in [-0.3, -0.25) is 9.67 Å². The number of aromatic nitrogens is 5. The van der Waals surface area contributed by atoms with Gasteiger partial charge in [0.1, 0.15) is 11.5 Å². The summed E-state index contributed by atoms with van der Waals surface area (Å²) in [4.78, 5) is 13.3. The van der Waals surface area contributed by atoms with Gasteiger partial charge in [-0.05, 0) is 38.0 Å². The lowest BCUT2D eigenvalue weighted by molar-refractivity contribution is 0.413. The van der Waals surface area contributed by atoms with Crippen molar-refractivity contribution in [1.29, 1.82) is 0 Å². The minimum absolute atomic E-state index is 0.228. The molecule has 1 aromatic carbocycles. The second-order valence-electron chi connectivity index (χ2n) is 7.85. The van der Waals surface area contributed by atoms with Crippen LogP contribution in [0, 0.1) is 12.7 Å². The summed E-state index contributed by atoms with van der Waals surface area (Å²) in [7, 11) is 1.58. The van der Waals surface area contributed by atoms with Gasteiger partial charge in [0.05, 0.1) is 19.9 Å². The molecule has 0 aliphatic heterocycles. The molecule has 1 saturated carbocycles. The van der Waals surface area contributed by atoms with E-state index in [9.17, 15) is 4.39 Å². The first-order valence-electron chi connectivity index (χ1n) is 10.5. The maximum absolute atomic E-state index is 14.3. The van der Waals surface area contributed by atoms with E-state index >= 15 is 0 Å². The highest BCUT2D eigenvalue weighted by atomic mass is 19.1. The van der Waals surface area contributed by atoms with Crippen molar-refractivity contribution in [3.8, 4) is 17.3 Å². The van der Waals surface area contributed by atoms with Crippen molar-refractivity contribution in [3.63, 3.8) is 0 Å². The molecule has 3 aromatic heterocycles. The van der Waals surface area contributed by atoms with Crippen LogP contribution in [0.1, 0.15) is 35.6 Å². The zero-order valence-corrected chi connectivity index (χ0v) is 17.9. The van der Waals surface area contributed by atoms with Gasteiger partial charge in [-0.2, -0.15) is 5.10 Å². The number of pyridine rings is 1. The fourth-order valence-corrected chi connectivity index (χ4v) is 3.85. The maximum atomic E-state index is 14.3. The van der Waals surface area contributed by atoms with E-state index in [-0.39, 0.29) is 5.82 Å². The Kier molecular flexibility index (Phi) is 5.26. The summed E-state index contributed by atoms with van der Waals surface area (Å²) >= 11 is 0. The van der Waals surface area contributed by atoms with Crippen LogP contribution in [0.15, 0.2) is 55.0 Å². The van der Waals surface area contributed by atoms with Gasteiger partial charge in [-0.15, -0.1) is 0 Å². The standard InChI is InChI=1S/C24H23FN6O/c1-15-21(24-27-13-20(32-2)23(29-24)28-18-9-11-26-12-10-18)30-31(22(15)16-7-8-16)14-17-5-3-4-6-19(17)25/h3-6,9-13,16H,7-8,14H2,1-2H3,(H,26,27,28,29). The first kappa shape index (κ1) is 20.1. The van der Waals surface area contributed by atoms with Crippen LogP contribution in [-0.2, 0) is 6.54 Å². The van der Waals surface area contributed by atoms with Crippen molar-refractivity contribution in [1.82, 2.24) is 24.7 Å². The number of halogens is 1. The highest BCUT2D eigenvalue weighted by Crippen LogP contribution is 2.43. The van der Waals surface area contributed by atoms with Crippen molar-refractivity contribution in [3.05, 3.63) is 77.6 Å². The average molecular weight is 430 g/mol. The van der Waals surface area contributed by atoms with E-state index < -0.39 is 0 Å². The van der Waals surface area contributed by atoms with Gasteiger partial charge in [0.2, 0.25) is 0 Å². The Labute approximate surface area is 185 Å². The largest absolute Gasteiger partial charge is 0.491 e. The van der Waals surface area contributed by atoms with Crippen LogP contribution in [0.2, 0.25) is 0 Å². The summed E-state index contributed by atoms with van der Waals surface area (Å²) in [5, 5.41) is 8.08. The molecule has 32 heavy (non-hydrogen) atoms. The molecule has 0 amide bonds. The number of methoxy groups -OCH3 is 1. The summed E-state index contributed by atoms with van der Waals surface area (Å²) in [5.74, 6) is 1.77. The summed E-state index contributed by atoms with van der Waals surface area (Å²) in [6.45, 7) is 2.41. The highest BCUT2D eigenvalue weighted by molar-refractivity contribution is 5.66. The van der Waals surface area contributed by atoms with Crippen molar-refractivity contribution in [2.75, 3.05) is 12.4 Å². The van der Waals surface area contributed by atoms with Crippen LogP contribution in [0.25, 0.3) is 11.5 Å². The first-order chi connectivity index (χ1) is 15.6. The SMILES string of the molecule is COc1cnc(-c2nn(Cc3ccccc3F)c(C3CC3)c2C)nc1Nc1ccncc1. The number of ether oxygens (including phenoxy) is 1. The second-order valence-corrected chi connectivity index (χ2v) is 7.85. The third kappa shape index (κ3) is 3.91. The highest BCUT2D eigenvalue weighted by Gasteiger charge is 2.32. The zero-order chi connectivity index (χ0) is 22.1. The molecule has 8 heteroatoms. The van der Waals surface area contributed by atoms with E-state index in [0.29, 0.717) is 41.1 Å². The van der Waals surface area contributed by atoms with E-state index in [1.807, 2.05) is 29.8 Å². The number of nitrogens with one attached hydrogen (secondary N) is 1. The Morgan fingerprint density at radius 3 is 2.66 bits per heavy atom. The topological polar surface area (TPSA) is 77.8 Å². The average Bonchev–Trinajstić information content (AvgIpc) is 3.59. The molecule has 0 radical (unpaired) electrons. The van der Waals surface area contributed by atoms with Crippen molar-refractivity contribution in [2.24, 2.45) is 0 Å². The molecule has 0 bridgehead atoms. The lowest BCUT2D eigenvalue weighted by Crippen LogP contribution is -2.07. The molecule has 1 fully saturated rings.